The fourth-order valence-electron chi connectivity index (χ4n) is 1.04. The quantitative estimate of drug-likeness (QED) is 0.374. The Morgan fingerprint density at radius 3 is 2.23 bits per heavy atom. The second-order valence-corrected chi connectivity index (χ2v) is 3.47. The Balaban J connectivity index is 2.75. The van der Waals surface area contributed by atoms with Crippen molar-refractivity contribution < 1.29 is 19.3 Å². The molecule has 1 aliphatic rings. The maximum atomic E-state index is 5.50. The van der Waals surface area contributed by atoms with Crippen molar-refractivity contribution in [3.63, 3.8) is 0 Å². The highest BCUT2D eigenvalue weighted by Gasteiger charge is 2.47. The molecule has 0 N–H and O–H groups in total. The Morgan fingerprint density at radius 2 is 1.85 bits per heavy atom. The molecule has 5 heteroatoms. The minimum Gasteiger partial charge on any atom is -0.399 e. The van der Waals surface area contributed by atoms with Gasteiger partial charge in [-0.1, -0.05) is 5.16 Å². The Bertz CT molecular complexity index is 226. The number of oxime groups is 1. The minimum absolute atomic E-state index is 0.570. The standard InChI is InChI=1S/C8H15NO4/c1-6(9-10-5)8(4)11-7(2,3)12-13-8/h1-5H3/b9-6+. The van der Waals surface area contributed by atoms with Gasteiger partial charge in [-0.05, 0) is 27.7 Å². The molecule has 1 heterocycles. The molecule has 1 unspecified atom stereocenters. The molecule has 1 rings (SSSR count). The van der Waals surface area contributed by atoms with Gasteiger partial charge in [-0.2, -0.15) is 9.78 Å². The van der Waals surface area contributed by atoms with Crippen molar-refractivity contribution in [2.45, 2.75) is 39.3 Å². The molecule has 76 valence electrons. The number of hydrogen-bond donors (Lipinski definition) is 0. The molecule has 0 aromatic heterocycles. The lowest BCUT2D eigenvalue weighted by atomic mass is 10.2. The SMILES string of the molecule is CO/N=C(\C)C1(C)OOC(C)(C)O1. The zero-order chi connectivity index (χ0) is 10.1. The fourth-order valence-corrected chi connectivity index (χ4v) is 1.04. The van der Waals surface area contributed by atoms with Crippen molar-refractivity contribution in [3.8, 4) is 0 Å². The maximum absolute atomic E-state index is 5.50. The first-order valence-electron chi connectivity index (χ1n) is 4.05. The van der Waals surface area contributed by atoms with Crippen LogP contribution in [0.4, 0.5) is 0 Å². The first-order valence-corrected chi connectivity index (χ1v) is 4.05. The van der Waals surface area contributed by atoms with Gasteiger partial charge in [0.25, 0.3) is 0 Å². The van der Waals surface area contributed by atoms with E-state index in [2.05, 4.69) is 9.99 Å². The Morgan fingerprint density at radius 1 is 1.23 bits per heavy atom. The van der Waals surface area contributed by atoms with Gasteiger partial charge in [0.05, 0.1) is 0 Å². The van der Waals surface area contributed by atoms with E-state index in [9.17, 15) is 0 Å². The van der Waals surface area contributed by atoms with Gasteiger partial charge < -0.3 is 9.57 Å². The third-order valence-electron chi connectivity index (χ3n) is 1.73. The van der Waals surface area contributed by atoms with Crippen LogP contribution in [-0.4, -0.2) is 24.4 Å². The first-order chi connectivity index (χ1) is 5.90. The lowest BCUT2D eigenvalue weighted by Gasteiger charge is -2.20. The van der Waals surface area contributed by atoms with Crippen LogP contribution in [0.3, 0.4) is 0 Å². The molecule has 13 heavy (non-hydrogen) atoms. The van der Waals surface area contributed by atoms with E-state index in [0.29, 0.717) is 5.71 Å². The molecular weight excluding hydrogens is 174 g/mol. The molecule has 1 atom stereocenters. The first kappa shape index (κ1) is 10.4. The van der Waals surface area contributed by atoms with Gasteiger partial charge in [-0.25, -0.2) is 0 Å². The van der Waals surface area contributed by atoms with Gasteiger partial charge in [0.15, 0.2) is 5.79 Å². The molecular formula is C8H15NO4. The number of nitrogens with zero attached hydrogens (tertiary/aromatic N) is 1. The molecule has 1 fully saturated rings. The molecule has 1 saturated heterocycles. The molecule has 0 bridgehead atoms. The summed E-state index contributed by atoms with van der Waals surface area (Å²) in [5.74, 6) is -1.71. The summed E-state index contributed by atoms with van der Waals surface area (Å²) >= 11 is 0. The van der Waals surface area contributed by atoms with Crippen LogP contribution in [0, 0.1) is 0 Å². The normalized spacial score (nSPS) is 33.5. The Hall–Kier alpha value is -0.650. The van der Waals surface area contributed by atoms with Crippen LogP contribution in [0.5, 0.6) is 0 Å². The Kier molecular flexibility index (Phi) is 2.61. The van der Waals surface area contributed by atoms with Crippen molar-refractivity contribution in [2.24, 2.45) is 5.16 Å². The van der Waals surface area contributed by atoms with Gasteiger partial charge >= 0.3 is 0 Å². The second-order valence-electron chi connectivity index (χ2n) is 3.47. The van der Waals surface area contributed by atoms with Gasteiger partial charge in [0.1, 0.15) is 12.8 Å². The van der Waals surface area contributed by atoms with Crippen LogP contribution >= 0.6 is 0 Å². The molecule has 0 aromatic rings. The minimum atomic E-state index is -0.959. The highest BCUT2D eigenvalue weighted by Crippen LogP contribution is 2.32. The zero-order valence-corrected chi connectivity index (χ0v) is 8.58. The van der Waals surface area contributed by atoms with E-state index in [4.69, 9.17) is 14.5 Å². The van der Waals surface area contributed by atoms with Crippen LogP contribution in [0.1, 0.15) is 27.7 Å². The van der Waals surface area contributed by atoms with Crippen molar-refractivity contribution in [1.82, 2.24) is 0 Å². The smallest absolute Gasteiger partial charge is 0.243 e. The molecule has 0 aromatic carbocycles. The molecule has 0 aliphatic carbocycles. The fraction of sp³-hybridized carbons (Fsp3) is 0.875. The molecule has 0 spiro atoms. The van der Waals surface area contributed by atoms with Crippen LogP contribution in [0.15, 0.2) is 5.16 Å². The Labute approximate surface area is 77.5 Å². The topological polar surface area (TPSA) is 49.3 Å². The molecule has 1 aliphatic heterocycles. The van der Waals surface area contributed by atoms with Crippen LogP contribution in [0.2, 0.25) is 0 Å². The third-order valence-corrected chi connectivity index (χ3v) is 1.73. The van der Waals surface area contributed by atoms with Crippen molar-refractivity contribution >= 4 is 5.71 Å². The third kappa shape index (κ3) is 2.18. The molecule has 5 nitrogen and oxygen atoms in total. The predicted octanol–water partition coefficient (Wildman–Crippen LogP) is 1.44. The van der Waals surface area contributed by atoms with Crippen LogP contribution < -0.4 is 0 Å². The maximum Gasteiger partial charge on any atom is 0.243 e. The summed E-state index contributed by atoms with van der Waals surface area (Å²) in [7, 11) is 1.47. The highest BCUT2D eigenvalue weighted by atomic mass is 17.3. The monoisotopic (exact) mass is 189 g/mol. The zero-order valence-electron chi connectivity index (χ0n) is 8.58. The van der Waals surface area contributed by atoms with Gasteiger partial charge in [0.2, 0.25) is 5.79 Å². The van der Waals surface area contributed by atoms with Gasteiger partial charge in [-0.3, -0.25) is 0 Å². The average molecular weight is 189 g/mol. The highest BCUT2D eigenvalue weighted by molar-refractivity contribution is 5.88. The summed E-state index contributed by atoms with van der Waals surface area (Å²) in [6, 6.07) is 0. The molecule has 0 saturated carbocycles. The summed E-state index contributed by atoms with van der Waals surface area (Å²) in [4.78, 5) is 14.6. The number of rotatable bonds is 2. The van der Waals surface area contributed by atoms with Crippen molar-refractivity contribution in [3.05, 3.63) is 0 Å². The summed E-state index contributed by atoms with van der Waals surface area (Å²) in [5, 5.41) is 3.73. The lowest BCUT2D eigenvalue weighted by Crippen LogP contribution is -2.37. The summed E-state index contributed by atoms with van der Waals surface area (Å²) in [6.07, 6.45) is 0. The van der Waals surface area contributed by atoms with Gasteiger partial charge in [-0.15, -0.1) is 0 Å². The lowest BCUT2D eigenvalue weighted by molar-refractivity contribution is -0.328. The predicted molar refractivity (Wildman–Crippen MR) is 45.9 cm³/mol. The van der Waals surface area contributed by atoms with E-state index in [0.717, 1.165) is 0 Å². The number of ether oxygens (including phenoxy) is 1. The summed E-state index contributed by atoms with van der Waals surface area (Å²) in [5.41, 5.74) is 0.570. The second kappa shape index (κ2) is 3.25. The van der Waals surface area contributed by atoms with Crippen LogP contribution in [-0.2, 0) is 19.3 Å². The van der Waals surface area contributed by atoms with E-state index >= 15 is 0 Å². The van der Waals surface area contributed by atoms with Crippen LogP contribution in [0.25, 0.3) is 0 Å². The van der Waals surface area contributed by atoms with E-state index < -0.39 is 11.6 Å². The van der Waals surface area contributed by atoms with E-state index in [1.54, 1.807) is 27.7 Å². The number of hydrogen-bond acceptors (Lipinski definition) is 5. The van der Waals surface area contributed by atoms with Gasteiger partial charge in [0, 0.05) is 0 Å². The molecule has 0 amide bonds. The average Bonchev–Trinajstić information content (AvgIpc) is 2.28. The summed E-state index contributed by atoms with van der Waals surface area (Å²) in [6.45, 7) is 6.99. The van der Waals surface area contributed by atoms with E-state index in [1.165, 1.54) is 7.11 Å². The van der Waals surface area contributed by atoms with E-state index in [1.807, 2.05) is 0 Å². The van der Waals surface area contributed by atoms with Crippen molar-refractivity contribution in [1.29, 1.82) is 0 Å². The van der Waals surface area contributed by atoms with E-state index in [-0.39, 0.29) is 0 Å². The van der Waals surface area contributed by atoms with Crippen molar-refractivity contribution in [2.75, 3.05) is 7.11 Å². The summed E-state index contributed by atoms with van der Waals surface area (Å²) < 4.78 is 5.50. The largest absolute Gasteiger partial charge is 0.399 e. The molecule has 0 radical (unpaired) electrons.